The highest BCUT2D eigenvalue weighted by Gasteiger charge is 2.15. The molecule has 0 saturated carbocycles. The number of fused-ring (bicyclic) bond motifs is 1. The van der Waals surface area contributed by atoms with Crippen molar-refractivity contribution in [2.75, 3.05) is 11.9 Å². The Bertz CT molecular complexity index is 562. The van der Waals surface area contributed by atoms with Gasteiger partial charge in [0.1, 0.15) is 17.7 Å². The smallest absolute Gasteiger partial charge is 0.145 e. The van der Waals surface area contributed by atoms with Crippen molar-refractivity contribution in [3.05, 3.63) is 39.5 Å². The second kappa shape index (κ2) is 5.68. The molecule has 0 saturated heterocycles. The fourth-order valence-electron chi connectivity index (χ4n) is 1.94. The minimum absolute atomic E-state index is 0.0652. The van der Waals surface area contributed by atoms with E-state index in [1.807, 2.05) is 24.3 Å². The molecule has 1 aliphatic rings. The summed E-state index contributed by atoms with van der Waals surface area (Å²) in [5, 5.41) is 23.7. The van der Waals surface area contributed by atoms with Gasteiger partial charge in [-0.2, -0.15) is 10.5 Å². The van der Waals surface area contributed by atoms with Crippen LogP contribution in [-0.4, -0.2) is 6.54 Å². The first kappa shape index (κ1) is 12.6. The monoisotopic (exact) mass is 302 g/mol. The predicted octanol–water partition coefficient (Wildman–Crippen LogP) is 2.44. The van der Waals surface area contributed by atoms with E-state index in [1.54, 1.807) is 0 Å². The molecule has 0 bridgehead atoms. The molecular weight excluding hydrogens is 292 g/mol. The van der Waals surface area contributed by atoms with Crippen LogP contribution in [0, 0.1) is 22.7 Å². The Morgan fingerprint density at radius 2 is 2.11 bits per heavy atom. The second-order valence-electron chi connectivity index (χ2n) is 3.90. The van der Waals surface area contributed by atoms with Gasteiger partial charge in [0.25, 0.3) is 0 Å². The molecule has 0 aromatic heterocycles. The van der Waals surface area contributed by atoms with Gasteiger partial charge < -0.3 is 10.6 Å². The van der Waals surface area contributed by atoms with Crippen molar-refractivity contribution in [2.45, 2.75) is 13.0 Å². The molecule has 1 aromatic rings. The van der Waals surface area contributed by atoms with Crippen LogP contribution in [0.3, 0.4) is 0 Å². The lowest BCUT2D eigenvalue weighted by Gasteiger charge is -2.21. The lowest BCUT2D eigenvalue weighted by atomic mass is 9.99. The van der Waals surface area contributed by atoms with Crippen LogP contribution < -0.4 is 10.6 Å². The molecule has 0 aliphatic carbocycles. The molecule has 1 aliphatic heterocycles. The summed E-state index contributed by atoms with van der Waals surface area (Å²) in [5.74, 6) is 0. The molecule has 5 heteroatoms. The van der Waals surface area contributed by atoms with Crippen molar-refractivity contribution in [3.63, 3.8) is 0 Å². The molecule has 0 amide bonds. The summed E-state index contributed by atoms with van der Waals surface area (Å²) in [6.07, 6.45) is 2.41. The maximum absolute atomic E-state index is 8.69. The predicted molar refractivity (Wildman–Crippen MR) is 72.5 cm³/mol. The maximum atomic E-state index is 8.69. The highest BCUT2D eigenvalue weighted by atomic mass is 79.9. The number of nitrogens with one attached hydrogen (secondary N) is 2. The number of benzene rings is 1. The minimum Gasteiger partial charge on any atom is -0.360 e. The number of halogens is 1. The first-order valence-electron chi connectivity index (χ1n) is 5.54. The molecule has 18 heavy (non-hydrogen) atoms. The Kier molecular flexibility index (Phi) is 3.99. The van der Waals surface area contributed by atoms with Crippen LogP contribution >= 0.6 is 15.9 Å². The Morgan fingerprint density at radius 3 is 2.83 bits per heavy atom. The summed E-state index contributed by atoms with van der Waals surface area (Å²) in [6, 6.07) is 7.58. The van der Waals surface area contributed by atoms with E-state index in [4.69, 9.17) is 10.5 Å². The van der Waals surface area contributed by atoms with E-state index >= 15 is 0 Å². The molecule has 0 unspecified atom stereocenters. The third-order valence-electron chi connectivity index (χ3n) is 2.84. The zero-order valence-corrected chi connectivity index (χ0v) is 11.2. The van der Waals surface area contributed by atoms with Crippen LogP contribution in [0.4, 0.5) is 5.69 Å². The third-order valence-corrected chi connectivity index (χ3v) is 3.58. The Hall–Kier alpha value is -1.82. The molecular formula is C13H11BrN4. The van der Waals surface area contributed by atoms with E-state index in [2.05, 4.69) is 26.6 Å². The molecule has 1 aromatic carbocycles. The van der Waals surface area contributed by atoms with Gasteiger partial charge in [-0.05, 0) is 36.2 Å². The molecule has 0 radical (unpaired) electrons. The number of rotatable bonds is 2. The number of hydrogen-bond donors (Lipinski definition) is 2. The Balaban J connectivity index is 2.33. The van der Waals surface area contributed by atoms with E-state index in [0.717, 1.165) is 29.7 Å². The summed E-state index contributed by atoms with van der Waals surface area (Å²) in [6.45, 7) is 1.76. The van der Waals surface area contributed by atoms with Crippen LogP contribution in [0.5, 0.6) is 0 Å². The Morgan fingerprint density at radius 1 is 1.33 bits per heavy atom. The molecule has 90 valence electrons. The number of anilines is 1. The van der Waals surface area contributed by atoms with Crippen molar-refractivity contribution >= 4 is 21.6 Å². The molecule has 2 rings (SSSR count). The SMILES string of the molecule is N#CC(C#N)=CNc1ccc(Br)c2c1CNCC2. The van der Waals surface area contributed by atoms with Gasteiger partial charge in [-0.1, -0.05) is 15.9 Å². The quantitative estimate of drug-likeness (QED) is 0.823. The van der Waals surface area contributed by atoms with Gasteiger partial charge in [0.15, 0.2) is 0 Å². The molecule has 0 spiro atoms. The summed E-state index contributed by atoms with van der Waals surface area (Å²) in [4.78, 5) is 0. The highest BCUT2D eigenvalue weighted by molar-refractivity contribution is 9.10. The van der Waals surface area contributed by atoms with Crippen molar-refractivity contribution in [2.24, 2.45) is 0 Å². The van der Waals surface area contributed by atoms with Gasteiger partial charge in [-0.25, -0.2) is 0 Å². The van der Waals surface area contributed by atoms with Crippen molar-refractivity contribution in [3.8, 4) is 12.1 Å². The largest absolute Gasteiger partial charge is 0.360 e. The lowest BCUT2D eigenvalue weighted by Crippen LogP contribution is -2.24. The van der Waals surface area contributed by atoms with Gasteiger partial charge in [0, 0.05) is 22.9 Å². The van der Waals surface area contributed by atoms with Crippen LogP contribution in [0.2, 0.25) is 0 Å². The second-order valence-corrected chi connectivity index (χ2v) is 4.76. The van der Waals surface area contributed by atoms with Crippen LogP contribution in [0.1, 0.15) is 11.1 Å². The van der Waals surface area contributed by atoms with Crippen molar-refractivity contribution < 1.29 is 0 Å². The summed E-state index contributed by atoms with van der Waals surface area (Å²) >= 11 is 3.55. The summed E-state index contributed by atoms with van der Waals surface area (Å²) in [5.41, 5.74) is 3.46. The average Bonchev–Trinajstić information content (AvgIpc) is 2.42. The zero-order valence-electron chi connectivity index (χ0n) is 9.63. The van der Waals surface area contributed by atoms with E-state index in [1.165, 1.54) is 17.3 Å². The molecule has 1 heterocycles. The lowest BCUT2D eigenvalue weighted by molar-refractivity contribution is 0.643. The molecule has 2 N–H and O–H groups in total. The van der Waals surface area contributed by atoms with Gasteiger partial charge in [-0.15, -0.1) is 0 Å². The van der Waals surface area contributed by atoms with E-state index in [-0.39, 0.29) is 5.57 Å². The van der Waals surface area contributed by atoms with Crippen molar-refractivity contribution in [1.29, 1.82) is 10.5 Å². The van der Waals surface area contributed by atoms with E-state index in [0.29, 0.717) is 0 Å². The van der Waals surface area contributed by atoms with Gasteiger partial charge in [0.2, 0.25) is 0 Å². The first-order chi connectivity index (χ1) is 8.76. The van der Waals surface area contributed by atoms with Crippen molar-refractivity contribution in [1.82, 2.24) is 5.32 Å². The summed E-state index contributed by atoms with van der Waals surface area (Å²) in [7, 11) is 0. The highest BCUT2D eigenvalue weighted by Crippen LogP contribution is 2.29. The molecule has 0 fully saturated rings. The normalized spacial score (nSPS) is 12.8. The average molecular weight is 303 g/mol. The van der Waals surface area contributed by atoms with E-state index in [9.17, 15) is 0 Å². The maximum Gasteiger partial charge on any atom is 0.145 e. The van der Waals surface area contributed by atoms with Gasteiger partial charge in [0.05, 0.1) is 0 Å². The van der Waals surface area contributed by atoms with Gasteiger partial charge >= 0.3 is 0 Å². The van der Waals surface area contributed by atoms with Gasteiger partial charge in [-0.3, -0.25) is 0 Å². The third kappa shape index (κ3) is 2.53. The number of hydrogen-bond acceptors (Lipinski definition) is 4. The minimum atomic E-state index is 0.0652. The number of allylic oxidation sites excluding steroid dienone is 1. The number of nitriles is 2. The fraction of sp³-hybridized carbons (Fsp3) is 0.231. The number of nitrogens with zero attached hydrogens (tertiary/aromatic N) is 2. The topological polar surface area (TPSA) is 71.6 Å². The zero-order chi connectivity index (χ0) is 13.0. The first-order valence-corrected chi connectivity index (χ1v) is 6.33. The molecule has 0 atom stereocenters. The fourth-order valence-corrected chi connectivity index (χ4v) is 2.51. The standard InChI is InChI=1S/C13H11BrN4/c14-12-1-2-13(18-7-9(5-15)6-16)11-8-17-4-3-10(11)12/h1-2,7,17-18H,3-4,8H2. The van der Waals surface area contributed by atoms with E-state index < -0.39 is 0 Å². The van der Waals surface area contributed by atoms with Crippen LogP contribution in [-0.2, 0) is 13.0 Å². The summed E-state index contributed by atoms with van der Waals surface area (Å²) < 4.78 is 1.11. The Labute approximate surface area is 114 Å². The molecule has 4 nitrogen and oxygen atoms in total. The van der Waals surface area contributed by atoms with Crippen LogP contribution in [0.25, 0.3) is 0 Å². The van der Waals surface area contributed by atoms with Crippen LogP contribution in [0.15, 0.2) is 28.4 Å².